The minimum atomic E-state index is -0.308. The molecular formula is C18H21FN2O2. The van der Waals surface area contributed by atoms with Crippen LogP contribution in [0.4, 0.5) is 4.39 Å². The van der Waals surface area contributed by atoms with E-state index >= 15 is 0 Å². The van der Waals surface area contributed by atoms with Crippen LogP contribution in [0.15, 0.2) is 24.3 Å². The zero-order valence-electron chi connectivity index (χ0n) is 14.0. The maximum absolute atomic E-state index is 13.0. The Morgan fingerprint density at radius 2 is 1.74 bits per heavy atom. The molecule has 0 spiro atoms. The second-order valence-electron chi connectivity index (χ2n) is 5.82. The number of nitrogens with one attached hydrogen (secondary N) is 1. The molecule has 0 unspecified atom stereocenters. The molecule has 1 atom stereocenters. The lowest BCUT2D eigenvalue weighted by Gasteiger charge is -2.25. The summed E-state index contributed by atoms with van der Waals surface area (Å²) in [7, 11) is 1.69. The van der Waals surface area contributed by atoms with Crippen LogP contribution in [-0.4, -0.2) is 28.6 Å². The fraction of sp³-hybridized carbons (Fsp3) is 0.333. The first-order valence-electron chi connectivity index (χ1n) is 7.46. The third-order valence-corrected chi connectivity index (χ3v) is 4.26. The summed E-state index contributed by atoms with van der Waals surface area (Å²) >= 11 is 0. The first-order chi connectivity index (χ1) is 10.7. The molecule has 5 heteroatoms. The SMILES string of the molecule is CC(=O)c1c(C)[nH]c(C(=O)N(C)[C@@H](C)c2ccc(F)cc2)c1C. The number of amides is 1. The Kier molecular flexibility index (Phi) is 4.68. The first-order valence-corrected chi connectivity index (χ1v) is 7.46. The summed E-state index contributed by atoms with van der Waals surface area (Å²) in [5.74, 6) is -0.573. The van der Waals surface area contributed by atoms with Gasteiger partial charge in [0, 0.05) is 18.3 Å². The zero-order chi connectivity index (χ0) is 17.3. The van der Waals surface area contributed by atoms with E-state index in [2.05, 4.69) is 4.98 Å². The molecule has 2 rings (SSSR count). The molecule has 1 aromatic carbocycles. The minimum absolute atomic E-state index is 0.0652. The van der Waals surface area contributed by atoms with Gasteiger partial charge in [0.15, 0.2) is 5.78 Å². The molecule has 0 bridgehead atoms. The molecule has 122 valence electrons. The van der Waals surface area contributed by atoms with Gasteiger partial charge in [-0.05, 0) is 51.0 Å². The van der Waals surface area contributed by atoms with Gasteiger partial charge in [0.2, 0.25) is 0 Å². The number of carbonyl (C=O) groups excluding carboxylic acids is 2. The fourth-order valence-corrected chi connectivity index (χ4v) is 2.81. The van der Waals surface area contributed by atoms with E-state index in [-0.39, 0.29) is 23.5 Å². The van der Waals surface area contributed by atoms with Gasteiger partial charge in [-0.3, -0.25) is 9.59 Å². The van der Waals surface area contributed by atoms with Crippen molar-refractivity contribution in [2.75, 3.05) is 7.05 Å². The van der Waals surface area contributed by atoms with Crippen molar-refractivity contribution in [2.24, 2.45) is 0 Å². The van der Waals surface area contributed by atoms with Crippen molar-refractivity contribution in [1.29, 1.82) is 0 Å². The normalized spacial score (nSPS) is 12.1. The second kappa shape index (κ2) is 6.36. The van der Waals surface area contributed by atoms with Gasteiger partial charge in [0.25, 0.3) is 5.91 Å². The molecule has 0 aliphatic heterocycles. The maximum Gasteiger partial charge on any atom is 0.270 e. The van der Waals surface area contributed by atoms with Crippen molar-refractivity contribution in [1.82, 2.24) is 9.88 Å². The summed E-state index contributed by atoms with van der Waals surface area (Å²) in [4.78, 5) is 29.0. The Balaban J connectivity index is 2.31. The fourth-order valence-electron chi connectivity index (χ4n) is 2.81. The number of benzene rings is 1. The van der Waals surface area contributed by atoms with Crippen molar-refractivity contribution in [3.8, 4) is 0 Å². The van der Waals surface area contributed by atoms with E-state index in [0.29, 0.717) is 22.5 Å². The zero-order valence-corrected chi connectivity index (χ0v) is 14.0. The molecule has 0 fully saturated rings. The van der Waals surface area contributed by atoms with Gasteiger partial charge < -0.3 is 9.88 Å². The third kappa shape index (κ3) is 3.18. The minimum Gasteiger partial charge on any atom is -0.354 e. The number of nitrogens with zero attached hydrogens (tertiary/aromatic N) is 1. The number of Topliss-reactive ketones (excluding diaryl/α,β-unsaturated/α-hetero) is 1. The Hall–Kier alpha value is -2.43. The highest BCUT2D eigenvalue weighted by molar-refractivity contribution is 6.02. The van der Waals surface area contributed by atoms with Gasteiger partial charge in [-0.1, -0.05) is 12.1 Å². The highest BCUT2D eigenvalue weighted by Gasteiger charge is 2.25. The number of halogens is 1. The highest BCUT2D eigenvalue weighted by Crippen LogP contribution is 2.24. The van der Waals surface area contributed by atoms with Gasteiger partial charge in [0.05, 0.1) is 6.04 Å². The molecule has 1 amide bonds. The van der Waals surface area contributed by atoms with Crippen molar-refractivity contribution in [2.45, 2.75) is 33.7 Å². The molecule has 0 saturated heterocycles. The molecular weight excluding hydrogens is 295 g/mol. The molecule has 1 heterocycles. The van der Waals surface area contributed by atoms with Crippen LogP contribution in [0.1, 0.15) is 57.6 Å². The Bertz CT molecular complexity index is 747. The van der Waals surface area contributed by atoms with E-state index < -0.39 is 0 Å². The lowest BCUT2D eigenvalue weighted by Crippen LogP contribution is -2.30. The molecule has 0 radical (unpaired) electrons. The molecule has 1 N–H and O–H groups in total. The van der Waals surface area contributed by atoms with E-state index in [1.807, 2.05) is 6.92 Å². The van der Waals surface area contributed by atoms with E-state index in [1.54, 1.807) is 37.9 Å². The summed E-state index contributed by atoms with van der Waals surface area (Å²) in [6.45, 7) is 6.91. The Morgan fingerprint density at radius 3 is 2.22 bits per heavy atom. The van der Waals surface area contributed by atoms with Gasteiger partial charge in [-0.25, -0.2) is 4.39 Å². The molecule has 23 heavy (non-hydrogen) atoms. The van der Waals surface area contributed by atoms with Crippen LogP contribution >= 0.6 is 0 Å². The van der Waals surface area contributed by atoms with Gasteiger partial charge >= 0.3 is 0 Å². The number of rotatable bonds is 4. The quantitative estimate of drug-likeness (QED) is 0.872. The number of hydrogen-bond acceptors (Lipinski definition) is 2. The van der Waals surface area contributed by atoms with Gasteiger partial charge in [0.1, 0.15) is 11.5 Å². The van der Waals surface area contributed by atoms with Crippen LogP contribution in [0.3, 0.4) is 0 Å². The van der Waals surface area contributed by atoms with Crippen LogP contribution in [0.5, 0.6) is 0 Å². The molecule has 1 aromatic heterocycles. The first kappa shape index (κ1) is 16.9. The number of ketones is 1. The monoisotopic (exact) mass is 316 g/mol. The average Bonchev–Trinajstić information content (AvgIpc) is 2.80. The molecule has 0 saturated carbocycles. The van der Waals surface area contributed by atoms with Crippen molar-refractivity contribution < 1.29 is 14.0 Å². The number of aryl methyl sites for hydroxylation is 1. The van der Waals surface area contributed by atoms with E-state index in [1.165, 1.54) is 19.1 Å². The predicted octanol–water partition coefficient (Wildman–Crippen LogP) is 3.81. The summed E-state index contributed by atoms with van der Waals surface area (Å²) in [5.41, 5.74) is 3.19. The lowest BCUT2D eigenvalue weighted by molar-refractivity contribution is 0.0736. The Labute approximate surface area is 135 Å². The van der Waals surface area contributed by atoms with Crippen LogP contribution in [0, 0.1) is 19.7 Å². The maximum atomic E-state index is 13.0. The van der Waals surface area contributed by atoms with Crippen LogP contribution in [0.2, 0.25) is 0 Å². The standard InChI is InChI=1S/C18H21FN2O2/c1-10-16(13(4)22)11(2)20-17(10)18(23)21(5)12(3)14-6-8-15(19)9-7-14/h6-9,12,20H,1-5H3/t12-/m0/s1. The summed E-state index contributed by atoms with van der Waals surface area (Å²) in [5, 5.41) is 0. The van der Waals surface area contributed by atoms with Gasteiger partial charge in [-0.2, -0.15) is 0 Å². The van der Waals surface area contributed by atoms with Crippen LogP contribution in [0.25, 0.3) is 0 Å². The summed E-state index contributed by atoms with van der Waals surface area (Å²) in [6, 6.07) is 5.87. The number of aromatic amines is 1. The lowest BCUT2D eigenvalue weighted by atomic mass is 10.0. The van der Waals surface area contributed by atoms with E-state index in [0.717, 1.165) is 5.56 Å². The average molecular weight is 316 g/mol. The van der Waals surface area contributed by atoms with Crippen molar-refractivity contribution in [3.63, 3.8) is 0 Å². The topological polar surface area (TPSA) is 53.2 Å². The molecule has 4 nitrogen and oxygen atoms in total. The number of hydrogen-bond donors (Lipinski definition) is 1. The largest absolute Gasteiger partial charge is 0.354 e. The van der Waals surface area contributed by atoms with E-state index in [4.69, 9.17) is 0 Å². The Morgan fingerprint density at radius 1 is 1.17 bits per heavy atom. The van der Waals surface area contributed by atoms with Crippen LogP contribution < -0.4 is 0 Å². The summed E-state index contributed by atoms with van der Waals surface area (Å²) < 4.78 is 13.0. The number of aromatic nitrogens is 1. The highest BCUT2D eigenvalue weighted by atomic mass is 19.1. The molecule has 0 aliphatic rings. The van der Waals surface area contributed by atoms with Crippen molar-refractivity contribution >= 4 is 11.7 Å². The third-order valence-electron chi connectivity index (χ3n) is 4.26. The number of H-pyrrole nitrogens is 1. The molecule has 0 aliphatic carbocycles. The second-order valence-corrected chi connectivity index (χ2v) is 5.82. The van der Waals surface area contributed by atoms with Crippen molar-refractivity contribution in [3.05, 3.63) is 58.2 Å². The van der Waals surface area contributed by atoms with E-state index in [9.17, 15) is 14.0 Å². The van der Waals surface area contributed by atoms with Gasteiger partial charge in [-0.15, -0.1) is 0 Å². The number of carbonyl (C=O) groups is 2. The smallest absolute Gasteiger partial charge is 0.270 e. The van der Waals surface area contributed by atoms with Crippen LogP contribution in [-0.2, 0) is 0 Å². The predicted molar refractivity (Wildman–Crippen MR) is 87.2 cm³/mol. The summed E-state index contributed by atoms with van der Waals surface area (Å²) in [6.07, 6.45) is 0. The molecule has 2 aromatic rings.